The molecule has 4 nitrogen and oxygen atoms in total. The fourth-order valence-corrected chi connectivity index (χ4v) is 4.23. The molecule has 9 heteroatoms. The van der Waals surface area contributed by atoms with E-state index in [0.29, 0.717) is 33.8 Å². The Kier molecular flexibility index (Phi) is 7.88. The van der Waals surface area contributed by atoms with E-state index in [4.69, 9.17) is 55.9 Å². The maximum Gasteiger partial charge on any atom is 0.175 e. The average molecular weight is 552 g/mol. The molecule has 0 aliphatic heterocycles. The van der Waals surface area contributed by atoms with Crippen molar-refractivity contribution in [1.82, 2.24) is 0 Å². The number of benzene rings is 3. The van der Waals surface area contributed by atoms with Gasteiger partial charge in [-0.05, 0) is 57.9 Å². The lowest BCUT2D eigenvalue weighted by molar-refractivity contribution is 0.282. The van der Waals surface area contributed by atoms with Gasteiger partial charge in [-0.1, -0.05) is 52.5 Å². The van der Waals surface area contributed by atoms with Crippen molar-refractivity contribution >= 4 is 68.0 Å². The highest BCUT2D eigenvalue weighted by atomic mass is 79.9. The highest BCUT2D eigenvalue weighted by Crippen LogP contribution is 2.38. The molecule has 0 atom stereocenters. The minimum atomic E-state index is -0.143. The zero-order valence-electron chi connectivity index (χ0n) is 15.6. The third kappa shape index (κ3) is 5.59. The molecule has 3 rings (SSSR count). The number of nitrogens with one attached hydrogen (secondary N) is 1. The van der Waals surface area contributed by atoms with Crippen molar-refractivity contribution in [3.8, 4) is 17.2 Å². The highest BCUT2D eigenvalue weighted by molar-refractivity contribution is 9.10. The van der Waals surface area contributed by atoms with Gasteiger partial charge in [0.25, 0.3) is 0 Å². The minimum Gasteiger partial charge on any atom is -0.505 e. The Hall–Kier alpha value is -1.50. The Balaban J connectivity index is 1.75. The van der Waals surface area contributed by atoms with E-state index in [1.807, 2.05) is 18.2 Å². The molecule has 0 fully saturated rings. The van der Waals surface area contributed by atoms with E-state index in [9.17, 15) is 5.11 Å². The van der Waals surface area contributed by atoms with E-state index in [1.54, 1.807) is 31.4 Å². The molecule has 0 unspecified atom stereocenters. The summed E-state index contributed by atoms with van der Waals surface area (Å²) < 4.78 is 12.2. The zero-order valence-corrected chi connectivity index (χ0v) is 20.2. The highest BCUT2D eigenvalue weighted by Gasteiger charge is 2.14. The van der Waals surface area contributed by atoms with Crippen LogP contribution in [0.5, 0.6) is 17.2 Å². The van der Waals surface area contributed by atoms with Gasteiger partial charge >= 0.3 is 0 Å². The van der Waals surface area contributed by atoms with E-state index < -0.39 is 0 Å². The average Bonchev–Trinajstić information content (AvgIpc) is 2.70. The molecule has 0 spiro atoms. The van der Waals surface area contributed by atoms with Gasteiger partial charge in [-0.2, -0.15) is 0 Å². The Morgan fingerprint density at radius 3 is 2.30 bits per heavy atom. The molecular weight excluding hydrogens is 536 g/mol. The van der Waals surface area contributed by atoms with Gasteiger partial charge in [0.1, 0.15) is 6.61 Å². The summed E-state index contributed by atoms with van der Waals surface area (Å²) in [6, 6.07) is 12.2. The summed E-state index contributed by atoms with van der Waals surface area (Å²) in [6.07, 6.45) is 0. The summed E-state index contributed by atoms with van der Waals surface area (Å²) in [7, 11) is 1.57. The molecular formula is C21H16BrCl4NO3. The van der Waals surface area contributed by atoms with Crippen LogP contribution >= 0.6 is 62.3 Å². The Morgan fingerprint density at radius 2 is 1.67 bits per heavy atom. The Bertz CT molecular complexity index is 1060. The van der Waals surface area contributed by atoms with Gasteiger partial charge in [0.2, 0.25) is 0 Å². The lowest BCUT2D eigenvalue weighted by Crippen LogP contribution is -2.03. The number of hydrogen-bond acceptors (Lipinski definition) is 4. The van der Waals surface area contributed by atoms with Crippen molar-refractivity contribution in [2.75, 3.05) is 12.4 Å². The Labute approximate surface area is 202 Å². The summed E-state index contributed by atoms with van der Waals surface area (Å²) in [6.45, 7) is 0.725. The number of hydrogen-bond donors (Lipinski definition) is 2. The van der Waals surface area contributed by atoms with Crippen LogP contribution in [-0.4, -0.2) is 12.2 Å². The maximum absolute atomic E-state index is 9.67. The SMILES string of the molecule is COc1cc(CNc2cc(Cl)c(O)c(Cl)c2)cc(Br)c1OCc1ccc(Cl)cc1Cl. The molecule has 30 heavy (non-hydrogen) atoms. The van der Waals surface area contributed by atoms with Crippen molar-refractivity contribution in [2.45, 2.75) is 13.2 Å². The molecule has 3 aromatic carbocycles. The van der Waals surface area contributed by atoms with E-state index in [1.165, 1.54) is 0 Å². The number of aromatic hydroxyl groups is 1. The maximum atomic E-state index is 9.67. The van der Waals surface area contributed by atoms with Crippen LogP contribution in [0.4, 0.5) is 5.69 Å². The molecule has 0 saturated carbocycles. The lowest BCUT2D eigenvalue weighted by atomic mass is 10.2. The lowest BCUT2D eigenvalue weighted by Gasteiger charge is -2.16. The number of ether oxygens (including phenoxy) is 2. The second kappa shape index (κ2) is 10.2. The van der Waals surface area contributed by atoms with Crippen molar-refractivity contribution in [1.29, 1.82) is 0 Å². The van der Waals surface area contributed by atoms with Crippen LogP contribution in [0.3, 0.4) is 0 Å². The number of methoxy groups -OCH3 is 1. The van der Waals surface area contributed by atoms with Gasteiger partial charge in [0, 0.05) is 27.8 Å². The summed E-state index contributed by atoms with van der Waals surface area (Å²) in [4.78, 5) is 0. The normalized spacial score (nSPS) is 10.7. The molecule has 0 aromatic heterocycles. The number of halogens is 5. The second-order valence-electron chi connectivity index (χ2n) is 6.28. The van der Waals surface area contributed by atoms with Crippen molar-refractivity contribution in [2.24, 2.45) is 0 Å². The van der Waals surface area contributed by atoms with E-state index >= 15 is 0 Å². The monoisotopic (exact) mass is 549 g/mol. The van der Waals surface area contributed by atoms with Crippen molar-refractivity contribution in [3.05, 3.63) is 78.2 Å². The predicted molar refractivity (Wildman–Crippen MR) is 127 cm³/mol. The summed E-state index contributed by atoms with van der Waals surface area (Å²) in [5.41, 5.74) is 2.41. The van der Waals surface area contributed by atoms with Crippen LogP contribution < -0.4 is 14.8 Å². The molecule has 0 amide bonds. The molecule has 0 radical (unpaired) electrons. The fraction of sp³-hybridized carbons (Fsp3) is 0.143. The minimum absolute atomic E-state index is 0.143. The van der Waals surface area contributed by atoms with Gasteiger partial charge in [-0.25, -0.2) is 0 Å². The molecule has 2 N–H and O–H groups in total. The quantitative estimate of drug-likeness (QED) is 0.292. The van der Waals surface area contributed by atoms with Crippen LogP contribution in [0.15, 0.2) is 46.9 Å². The van der Waals surface area contributed by atoms with Crippen LogP contribution in [0, 0.1) is 0 Å². The van der Waals surface area contributed by atoms with Crippen molar-refractivity contribution in [3.63, 3.8) is 0 Å². The molecule has 0 bridgehead atoms. The van der Waals surface area contributed by atoms with Crippen LogP contribution in [0.1, 0.15) is 11.1 Å². The van der Waals surface area contributed by atoms with E-state index in [2.05, 4.69) is 21.2 Å². The molecule has 3 aromatic rings. The molecule has 0 saturated heterocycles. The van der Waals surface area contributed by atoms with Gasteiger partial charge in [0.15, 0.2) is 17.2 Å². The van der Waals surface area contributed by atoms with Crippen molar-refractivity contribution < 1.29 is 14.6 Å². The van der Waals surface area contributed by atoms with Crippen LogP contribution in [-0.2, 0) is 13.2 Å². The first-order valence-electron chi connectivity index (χ1n) is 8.63. The first kappa shape index (κ1) is 23.2. The predicted octanol–water partition coefficient (Wildman–Crippen LogP) is 7.97. The summed E-state index contributed by atoms with van der Waals surface area (Å²) in [5, 5.41) is 14.3. The third-order valence-corrected chi connectivity index (χ3v) is 5.94. The fourth-order valence-electron chi connectivity index (χ4n) is 2.68. The largest absolute Gasteiger partial charge is 0.505 e. The van der Waals surface area contributed by atoms with E-state index in [0.717, 1.165) is 15.6 Å². The van der Waals surface area contributed by atoms with Gasteiger partial charge in [-0.3, -0.25) is 0 Å². The number of phenols is 1. The van der Waals surface area contributed by atoms with Gasteiger partial charge in [-0.15, -0.1) is 0 Å². The first-order valence-corrected chi connectivity index (χ1v) is 10.9. The number of anilines is 1. The molecule has 0 aliphatic rings. The van der Waals surface area contributed by atoms with Gasteiger partial charge in [0.05, 0.1) is 21.6 Å². The van der Waals surface area contributed by atoms with E-state index in [-0.39, 0.29) is 22.4 Å². The second-order valence-corrected chi connectivity index (χ2v) is 8.79. The topological polar surface area (TPSA) is 50.7 Å². The first-order chi connectivity index (χ1) is 14.3. The Morgan fingerprint density at radius 1 is 0.967 bits per heavy atom. The zero-order chi connectivity index (χ0) is 21.8. The smallest absolute Gasteiger partial charge is 0.175 e. The summed E-state index contributed by atoms with van der Waals surface area (Å²) >= 11 is 27.6. The number of phenolic OH excluding ortho intramolecular Hbond substituents is 1. The molecule has 158 valence electrons. The number of rotatable bonds is 7. The van der Waals surface area contributed by atoms with Gasteiger partial charge < -0.3 is 19.9 Å². The molecule has 0 aliphatic carbocycles. The van der Waals surface area contributed by atoms with Crippen LogP contribution in [0.25, 0.3) is 0 Å². The molecule has 0 heterocycles. The third-order valence-electron chi connectivity index (χ3n) is 4.19. The standard InChI is InChI=1S/C21H16BrCl4NO3/c1-29-19-5-11(9-27-14-7-17(25)20(28)18(26)8-14)4-15(22)21(19)30-10-12-2-3-13(23)6-16(12)24/h2-8,27-28H,9-10H2,1H3. The summed E-state index contributed by atoms with van der Waals surface area (Å²) in [5.74, 6) is 0.978. The van der Waals surface area contributed by atoms with Crippen LogP contribution in [0.2, 0.25) is 20.1 Å².